The molecular formula is C20H27N5O6S. The second kappa shape index (κ2) is 9.14. The van der Waals surface area contributed by atoms with E-state index in [1.54, 1.807) is 5.48 Å². The molecule has 2 saturated heterocycles. The molecule has 1 amide bonds. The van der Waals surface area contributed by atoms with E-state index >= 15 is 0 Å². The summed E-state index contributed by atoms with van der Waals surface area (Å²) in [5.74, 6) is 0.221. The molecule has 12 heteroatoms. The topological polar surface area (TPSA) is 138 Å². The minimum absolute atomic E-state index is 0.0131. The van der Waals surface area contributed by atoms with Crippen molar-refractivity contribution in [2.75, 3.05) is 44.3 Å². The Labute approximate surface area is 186 Å². The number of nitrogens with one attached hydrogen (secondary N) is 1. The average molecular weight is 466 g/mol. The van der Waals surface area contributed by atoms with Gasteiger partial charge in [-0.05, 0) is 24.3 Å². The van der Waals surface area contributed by atoms with Crippen LogP contribution in [0, 0.1) is 0 Å². The lowest BCUT2D eigenvalue weighted by Crippen LogP contribution is -2.62. The number of hydroxylamine groups is 1. The molecule has 1 aromatic carbocycles. The van der Waals surface area contributed by atoms with Crippen LogP contribution < -0.4 is 10.4 Å². The summed E-state index contributed by atoms with van der Waals surface area (Å²) in [5, 5.41) is 13.2. The molecule has 0 unspecified atom stereocenters. The molecule has 0 bridgehead atoms. The van der Waals surface area contributed by atoms with E-state index in [4.69, 9.17) is 9.26 Å². The van der Waals surface area contributed by atoms with Crippen LogP contribution >= 0.6 is 0 Å². The lowest BCUT2D eigenvalue weighted by molar-refractivity contribution is -0.134. The fourth-order valence-electron chi connectivity index (χ4n) is 4.18. The highest BCUT2D eigenvalue weighted by atomic mass is 32.2. The number of hydrogen-bond donors (Lipinski definition) is 2. The molecule has 0 atom stereocenters. The van der Waals surface area contributed by atoms with Crippen LogP contribution in [0.15, 0.2) is 28.8 Å². The molecule has 4 rings (SSSR count). The SMILES string of the molecule is CCc1nc(-c2ccc(N3CCN(S(=O)(=O)C4(C(=O)NO)CCOCC4)CC3)cc2)no1. The van der Waals surface area contributed by atoms with Crippen molar-refractivity contribution in [3.05, 3.63) is 30.2 Å². The Kier molecular flexibility index (Phi) is 6.47. The highest BCUT2D eigenvalue weighted by Gasteiger charge is 2.54. The molecule has 174 valence electrons. The van der Waals surface area contributed by atoms with Crippen LogP contribution in [0.25, 0.3) is 11.4 Å². The summed E-state index contributed by atoms with van der Waals surface area (Å²) in [5.41, 5.74) is 3.35. The number of rotatable bonds is 6. The molecule has 1 aromatic heterocycles. The largest absolute Gasteiger partial charge is 0.381 e. The van der Waals surface area contributed by atoms with Crippen molar-refractivity contribution in [3.8, 4) is 11.4 Å². The number of anilines is 1. The Bertz CT molecular complexity index is 1040. The number of nitrogens with zero attached hydrogens (tertiary/aromatic N) is 4. The van der Waals surface area contributed by atoms with Gasteiger partial charge in [-0.2, -0.15) is 9.29 Å². The van der Waals surface area contributed by atoms with Gasteiger partial charge in [0.25, 0.3) is 5.91 Å². The van der Waals surface area contributed by atoms with E-state index in [-0.39, 0.29) is 39.1 Å². The minimum Gasteiger partial charge on any atom is -0.381 e. The highest BCUT2D eigenvalue weighted by Crippen LogP contribution is 2.34. The summed E-state index contributed by atoms with van der Waals surface area (Å²) in [6.07, 6.45) is 0.699. The number of benzene rings is 1. The van der Waals surface area contributed by atoms with Crippen LogP contribution in [0.2, 0.25) is 0 Å². The Hall–Kier alpha value is -2.54. The van der Waals surface area contributed by atoms with Crippen LogP contribution in [-0.2, 0) is 26.0 Å². The molecule has 2 aliphatic heterocycles. The van der Waals surface area contributed by atoms with Gasteiger partial charge in [0, 0.05) is 69.9 Å². The molecule has 2 aromatic rings. The van der Waals surface area contributed by atoms with E-state index in [0.717, 1.165) is 11.3 Å². The van der Waals surface area contributed by atoms with Crippen molar-refractivity contribution in [2.45, 2.75) is 30.9 Å². The van der Waals surface area contributed by atoms with Gasteiger partial charge in [0.05, 0.1) is 0 Å². The van der Waals surface area contributed by atoms with Crippen molar-refractivity contribution >= 4 is 21.6 Å². The highest BCUT2D eigenvalue weighted by molar-refractivity contribution is 7.91. The molecule has 0 radical (unpaired) electrons. The second-order valence-corrected chi connectivity index (χ2v) is 10.1. The van der Waals surface area contributed by atoms with Crippen LogP contribution in [0.1, 0.15) is 25.7 Å². The standard InChI is InChI=1S/C20H27N5O6S/c1-2-17-21-18(23-31-17)15-3-5-16(6-4-15)24-9-11-25(12-10-24)32(28,29)20(19(26)22-27)7-13-30-14-8-20/h3-6,27H,2,7-14H2,1H3,(H,22,26). The van der Waals surface area contributed by atoms with E-state index < -0.39 is 20.7 Å². The van der Waals surface area contributed by atoms with E-state index in [1.165, 1.54) is 4.31 Å². The summed E-state index contributed by atoms with van der Waals surface area (Å²) in [6.45, 7) is 3.70. The lowest BCUT2D eigenvalue weighted by Gasteiger charge is -2.42. The smallest absolute Gasteiger partial charge is 0.266 e. The van der Waals surface area contributed by atoms with Crippen LogP contribution in [0.5, 0.6) is 0 Å². The first-order chi connectivity index (χ1) is 15.4. The Morgan fingerprint density at radius 1 is 1.16 bits per heavy atom. The summed E-state index contributed by atoms with van der Waals surface area (Å²) in [6, 6.07) is 7.71. The molecule has 0 aliphatic carbocycles. The number of piperazine rings is 1. The van der Waals surface area contributed by atoms with Gasteiger partial charge in [0.1, 0.15) is 0 Å². The first kappa shape index (κ1) is 22.6. The van der Waals surface area contributed by atoms with Crippen molar-refractivity contribution in [1.82, 2.24) is 19.9 Å². The van der Waals surface area contributed by atoms with E-state index in [1.807, 2.05) is 31.2 Å². The summed E-state index contributed by atoms with van der Waals surface area (Å²) < 4.78 is 36.8. The van der Waals surface area contributed by atoms with E-state index in [9.17, 15) is 18.4 Å². The van der Waals surface area contributed by atoms with Gasteiger partial charge >= 0.3 is 0 Å². The third-order valence-corrected chi connectivity index (χ3v) is 8.78. The van der Waals surface area contributed by atoms with Gasteiger partial charge in [-0.25, -0.2) is 13.9 Å². The zero-order valence-electron chi connectivity index (χ0n) is 17.9. The zero-order chi connectivity index (χ0) is 22.8. The number of hydrogen-bond acceptors (Lipinski definition) is 9. The van der Waals surface area contributed by atoms with Crippen molar-refractivity contribution < 1.29 is 27.7 Å². The molecule has 2 fully saturated rings. The Morgan fingerprint density at radius 3 is 2.38 bits per heavy atom. The van der Waals surface area contributed by atoms with E-state index in [0.29, 0.717) is 31.2 Å². The number of amides is 1. The number of carbonyl (C=O) groups is 1. The average Bonchev–Trinajstić information content (AvgIpc) is 3.33. The van der Waals surface area contributed by atoms with E-state index in [2.05, 4.69) is 15.0 Å². The third-order valence-electron chi connectivity index (χ3n) is 6.15. The van der Waals surface area contributed by atoms with Gasteiger partial charge in [-0.1, -0.05) is 12.1 Å². The predicted molar refractivity (Wildman–Crippen MR) is 115 cm³/mol. The minimum atomic E-state index is -3.98. The van der Waals surface area contributed by atoms with Crippen LogP contribution in [0.4, 0.5) is 5.69 Å². The summed E-state index contributed by atoms with van der Waals surface area (Å²) in [4.78, 5) is 18.8. The van der Waals surface area contributed by atoms with Gasteiger partial charge in [0.15, 0.2) is 4.75 Å². The fraction of sp³-hybridized carbons (Fsp3) is 0.550. The molecule has 0 saturated carbocycles. The molecule has 32 heavy (non-hydrogen) atoms. The Morgan fingerprint density at radius 2 is 1.81 bits per heavy atom. The summed E-state index contributed by atoms with van der Waals surface area (Å²) in [7, 11) is -3.98. The molecule has 2 N–H and O–H groups in total. The number of aryl methyl sites for hydroxylation is 1. The van der Waals surface area contributed by atoms with Gasteiger partial charge < -0.3 is 14.2 Å². The summed E-state index contributed by atoms with van der Waals surface area (Å²) >= 11 is 0. The normalized spacial score (nSPS) is 19.6. The maximum Gasteiger partial charge on any atom is 0.266 e. The maximum atomic E-state index is 13.4. The number of carbonyl (C=O) groups excluding carboxylic acids is 1. The van der Waals surface area contributed by atoms with Gasteiger partial charge in [0.2, 0.25) is 21.7 Å². The second-order valence-electron chi connectivity index (χ2n) is 7.85. The molecule has 11 nitrogen and oxygen atoms in total. The molecule has 0 spiro atoms. The van der Waals surface area contributed by atoms with Crippen molar-refractivity contribution in [3.63, 3.8) is 0 Å². The van der Waals surface area contributed by atoms with Crippen LogP contribution in [0.3, 0.4) is 0 Å². The fourth-order valence-corrected chi connectivity index (χ4v) is 6.28. The lowest BCUT2D eigenvalue weighted by atomic mass is 9.98. The van der Waals surface area contributed by atoms with Gasteiger partial charge in [-0.15, -0.1) is 0 Å². The van der Waals surface area contributed by atoms with Crippen LogP contribution in [-0.4, -0.2) is 78.1 Å². The molecule has 3 heterocycles. The van der Waals surface area contributed by atoms with Gasteiger partial charge in [-0.3, -0.25) is 10.0 Å². The Balaban J connectivity index is 1.44. The monoisotopic (exact) mass is 465 g/mol. The maximum absolute atomic E-state index is 13.4. The quantitative estimate of drug-likeness (QED) is 0.469. The number of aromatic nitrogens is 2. The number of ether oxygens (including phenoxy) is 1. The first-order valence-corrected chi connectivity index (χ1v) is 12.1. The molecular weight excluding hydrogens is 438 g/mol. The number of sulfonamides is 1. The molecule has 2 aliphatic rings. The third kappa shape index (κ3) is 3.98. The van der Waals surface area contributed by atoms with Crippen molar-refractivity contribution in [1.29, 1.82) is 0 Å². The predicted octanol–water partition coefficient (Wildman–Crippen LogP) is 0.805. The first-order valence-electron chi connectivity index (χ1n) is 10.6. The van der Waals surface area contributed by atoms with Crippen molar-refractivity contribution in [2.24, 2.45) is 0 Å². The zero-order valence-corrected chi connectivity index (χ0v) is 18.7.